The number of hydrogen-bond donors (Lipinski definition) is 0. The van der Waals surface area contributed by atoms with E-state index in [1.807, 2.05) is 16.8 Å². The third-order valence-corrected chi connectivity index (χ3v) is 6.58. The van der Waals surface area contributed by atoms with Gasteiger partial charge < -0.3 is 9.64 Å². The number of hydrogen-bond acceptors (Lipinski definition) is 6. The number of thioether (sulfide) groups is 1. The number of anilines is 1. The van der Waals surface area contributed by atoms with Gasteiger partial charge in [0.25, 0.3) is 0 Å². The molecule has 0 unspecified atom stereocenters. The first kappa shape index (κ1) is 21.7. The van der Waals surface area contributed by atoms with Crippen LogP contribution in [-0.4, -0.2) is 66.0 Å². The van der Waals surface area contributed by atoms with Crippen LogP contribution in [0.3, 0.4) is 0 Å². The van der Waals surface area contributed by atoms with Crippen LogP contribution in [0.15, 0.2) is 59.6 Å². The summed E-state index contributed by atoms with van der Waals surface area (Å²) >= 11 is 1.75. The number of aromatic nitrogens is 3. The van der Waals surface area contributed by atoms with Crippen LogP contribution in [0.2, 0.25) is 0 Å². The Bertz CT molecular complexity index is 951. The molecular formula is C24H31N5OS. The number of unbranched alkanes of at least 4 members (excludes halogenated alkanes) is 1. The highest BCUT2D eigenvalue weighted by molar-refractivity contribution is 7.98. The molecule has 0 radical (unpaired) electrons. The van der Waals surface area contributed by atoms with E-state index in [0.717, 1.165) is 62.7 Å². The van der Waals surface area contributed by atoms with Crippen molar-refractivity contribution in [1.29, 1.82) is 0 Å². The average Bonchev–Trinajstić information content (AvgIpc) is 3.31. The monoisotopic (exact) mass is 436 g/mol. The van der Waals surface area contributed by atoms with Crippen LogP contribution >= 0.6 is 11.8 Å². The van der Waals surface area contributed by atoms with E-state index in [2.05, 4.69) is 69.0 Å². The Kier molecular flexibility index (Phi) is 7.48. The highest BCUT2D eigenvalue weighted by atomic mass is 32.2. The fourth-order valence-corrected chi connectivity index (χ4v) is 4.43. The predicted octanol–water partition coefficient (Wildman–Crippen LogP) is 4.14. The molecule has 0 saturated carbocycles. The molecule has 164 valence electrons. The van der Waals surface area contributed by atoms with Crippen molar-refractivity contribution in [2.24, 2.45) is 0 Å². The van der Waals surface area contributed by atoms with Crippen molar-refractivity contribution in [1.82, 2.24) is 19.9 Å². The maximum absolute atomic E-state index is 5.52. The van der Waals surface area contributed by atoms with E-state index < -0.39 is 0 Å². The summed E-state index contributed by atoms with van der Waals surface area (Å²) in [5.74, 6) is 0.962. The van der Waals surface area contributed by atoms with Crippen molar-refractivity contribution in [2.75, 3.05) is 51.0 Å². The van der Waals surface area contributed by atoms with Crippen molar-refractivity contribution in [3.05, 3.63) is 60.4 Å². The lowest BCUT2D eigenvalue weighted by Gasteiger charge is -2.36. The number of aryl methyl sites for hydroxylation is 1. The van der Waals surface area contributed by atoms with Crippen molar-refractivity contribution in [3.8, 4) is 11.4 Å². The van der Waals surface area contributed by atoms with E-state index in [-0.39, 0.29) is 0 Å². The third-order valence-electron chi connectivity index (χ3n) is 5.83. The molecule has 1 aliphatic heterocycles. The van der Waals surface area contributed by atoms with Gasteiger partial charge in [0, 0.05) is 31.1 Å². The van der Waals surface area contributed by atoms with Crippen molar-refractivity contribution >= 4 is 17.4 Å². The largest absolute Gasteiger partial charge is 0.495 e. The van der Waals surface area contributed by atoms with E-state index in [1.165, 1.54) is 17.0 Å². The van der Waals surface area contributed by atoms with E-state index in [4.69, 9.17) is 4.74 Å². The Balaban J connectivity index is 1.18. The van der Waals surface area contributed by atoms with Gasteiger partial charge in [-0.2, -0.15) is 0 Å². The molecule has 1 fully saturated rings. The van der Waals surface area contributed by atoms with Gasteiger partial charge in [-0.1, -0.05) is 17.3 Å². The summed E-state index contributed by atoms with van der Waals surface area (Å²) in [6.07, 6.45) is 7.44. The maximum atomic E-state index is 5.52. The summed E-state index contributed by atoms with van der Waals surface area (Å²) in [4.78, 5) is 6.25. The molecule has 4 rings (SSSR count). The Morgan fingerprint density at radius 1 is 0.968 bits per heavy atom. The normalized spacial score (nSPS) is 14.7. The van der Waals surface area contributed by atoms with Gasteiger partial charge in [0.2, 0.25) is 0 Å². The highest BCUT2D eigenvalue weighted by Crippen LogP contribution is 2.28. The molecule has 1 saturated heterocycles. The van der Waals surface area contributed by atoms with Crippen LogP contribution in [0, 0.1) is 0 Å². The zero-order valence-corrected chi connectivity index (χ0v) is 19.2. The summed E-state index contributed by atoms with van der Waals surface area (Å²) in [5, 5.41) is 8.65. The fourth-order valence-electron chi connectivity index (χ4n) is 4.02. The predicted molar refractivity (Wildman–Crippen MR) is 128 cm³/mol. The number of piperazine rings is 1. The van der Waals surface area contributed by atoms with Crippen LogP contribution < -0.4 is 9.64 Å². The first-order valence-electron chi connectivity index (χ1n) is 10.9. The van der Waals surface area contributed by atoms with Gasteiger partial charge in [0.15, 0.2) is 0 Å². The minimum atomic E-state index is 0.962. The maximum Gasteiger partial charge on any atom is 0.142 e. The summed E-state index contributed by atoms with van der Waals surface area (Å²) in [7, 11) is 1.74. The molecule has 2 aromatic carbocycles. The number of para-hydroxylation sites is 2. The fraction of sp³-hybridized carbons (Fsp3) is 0.417. The topological polar surface area (TPSA) is 46.4 Å². The molecule has 0 bridgehead atoms. The summed E-state index contributed by atoms with van der Waals surface area (Å²) in [5.41, 5.74) is 3.33. The van der Waals surface area contributed by atoms with Crippen LogP contribution in [-0.2, 0) is 6.42 Å². The number of methoxy groups -OCH3 is 1. The number of benzene rings is 2. The summed E-state index contributed by atoms with van der Waals surface area (Å²) in [6.45, 7) is 5.43. The lowest BCUT2D eigenvalue weighted by atomic mass is 10.2. The molecule has 0 aliphatic carbocycles. The first-order valence-corrected chi connectivity index (χ1v) is 12.2. The van der Waals surface area contributed by atoms with Gasteiger partial charge in [0.05, 0.1) is 30.4 Å². The molecular weight excluding hydrogens is 405 g/mol. The molecule has 3 aromatic rings. The molecule has 1 aliphatic rings. The van der Waals surface area contributed by atoms with Gasteiger partial charge in [-0.3, -0.25) is 4.90 Å². The number of ether oxygens (including phenoxy) is 1. The Morgan fingerprint density at radius 3 is 2.48 bits per heavy atom. The lowest BCUT2D eigenvalue weighted by molar-refractivity contribution is 0.252. The Hall–Kier alpha value is -2.51. The van der Waals surface area contributed by atoms with E-state index >= 15 is 0 Å². The summed E-state index contributed by atoms with van der Waals surface area (Å²) < 4.78 is 7.39. The third kappa shape index (κ3) is 5.60. The van der Waals surface area contributed by atoms with E-state index in [9.17, 15) is 0 Å². The van der Waals surface area contributed by atoms with Gasteiger partial charge in [0.1, 0.15) is 5.75 Å². The first-order chi connectivity index (χ1) is 15.3. The van der Waals surface area contributed by atoms with Crippen LogP contribution in [0.25, 0.3) is 5.69 Å². The smallest absolute Gasteiger partial charge is 0.142 e. The second kappa shape index (κ2) is 10.7. The number of nitrogens with zero attached hydrogens (tertiary/aromatic N) is 5. The molecule has 7 heteroatoms. The molecule has 1 aromatic heterocycles. The minimum Gasteiger partial charge on any atom is -0.495 e. The van der Waals surface area contributed by atoms with Gasteiger partial charge in [-0.05, 0) is 68.5 Å². The van der Waals surface area contributed by atoms with Crippen LogP contribution in [0.1, 0.15) is 18.5 Å². The zero-order chi connectivity index (χ0) is 21.5. The van der Waals surface area contributed by atoms with Gasteiger partial charge in [-0.15, -0.1) is 16.9 Å². The second-order valence-electron chi connectivity index (χ2n) is 7.81. The Morgan fingerprint density at radius 2 is 1.74 bits per heavy atom. The van der Waals surface area contributed by atoms with Crippen molar-refractivity contribution in [3.63, 3.8) is 0 Å². The molecule has 0 atom stereocenters. The SMILES string of the molecule is COc1ccccc1N1CCN(CCCCc2cn(-c3ccc(S[11CH3])cc3)nn2)CC1. The summed E-state index contributed by atoms with van der Waals surface area (Å²) in [6, 6.07) is 16.7. The molecule has 0 N–H and O–H groups in total. The second-order valence-corrected chi connectivity index (χ2v) is 8.69. The molecule has 31 heavy (non-hydrogen) atoms. The quantitative estimate of drug-likeness (QED) is 0.371. The average molecular weight is 437 g/mol. The molecule has 0 spiro atoms. The van der Waals surface area contributed by atoms with Gasteiger partial charge >= 0.3 is 0 Å². The van der Waals surface area contributed by atoms with E-state index in [1.54, 1.807) is 18.9 Å². The Labute approximate surface area is 189 Å². The van der Waals surface area contributed by atoms with Crippen LogP contribution in [0.4, 0.5) is 5.69 Å². The molecule has 2 heterocycles. The molecule has 0 amide bonds. The minimum absolute atomic E-state index is 0.962. The van der Waals surface area contributed by atoms with Crippen molar-refractivity contribution in [2.45, 2.75) is 24.2 Å². The van der Waals surface area contributed by atoms with E-state index in [0.29, 0.717) is 0 Å². The van der Waals surface area contributed by atoms with Gasteiger partial charge in [-0.25, -0.2) is 4.68 Å². The zero-order valence-electron chi connectivity index (χ0n) is 18.4. The highest BCUT2D eigenvalue weighted by Gasteiger charge is 2.19. The van der Waals surface area contributed by atoms with Crippen LogP contribution in [0.5, 0.6) is 5.75 Å². The molecule has 6 nitrogen and oxygen atoms in total. The lowest BCUT2D eigenvalue weighted by Crippen LogP contribution is -2.46. The van der Waals surface area contributed by atoms with Crippen molar-refractivity contribution < 1.29 is 4.74 Å². The number of rotatable bonds is 9. The standard InChI is InChI=1S/C24H31N5OS/c1-30-24-9-4-3-8-23(24)28-17-15-27(16-18-28)14-6-5-7-20-19-29(26-25-20)21-10-12-22(31-2)13-11-21/h3-4,8-13,19H,5-7,14-18H2,1-2H3/i2-1.